The molecule has 2 N–H and O–H groups in total. The van der Waals surface area contributed by atoms with Crippen LogP contribution in [0.2, 0.25) is 5.02 Å². The first-order valence-corrected chi connectivity index (χ1v) is 10.4. The van der Waals surface area contributed by atoms with E-state index in [1.54, 1.807) is 6.20 Å². The second-order valence-corrected chi connectivity index (χ2v) is 8.23. The molecule has 10 heteroatoms. The summed E-state index contributed by atoms with van der Waals surface area (Å²) < 4.78 is 38.3. The van der Waals surface area contributed by atoms with Gasteiger partial charge in [-0.3, -0.25) is 14.9 Å². The molecule has 1 atom stereocenters. The van der Waals surface area contributed by atoms with Crippen LogP contribution in [0.15, 0.2) is 42.7 Å². The van der Waals surface area contributed by atoms with E-state index < -0.39 is 11.7 Å². The fourth-order valence-electron chi connectivity index (χ4n) is 3.77. The highest BCUT2D eigenvalue weighted by molar-refractivity contribution is 6.31. The first kappa shape index (κ1) is 22.3. The Labute approximate surface area is 187 Å². The predicted molar refractivity (Wildman–Crippen MR) is 117 cm³/mol. The molecule has 3 aromatic rings. The largest absolute Gasteiger partial charge is 0.417 e. The number of rotatable bonds is 4. The molecule has 32 heavy (non-hydrogen) atoms. The van der Waals surface area contributed by atoms with Crippen molar-refractivity contribution in [2.45, 2.75) is 32.1 Å². The van der Waals surface area contributed by atoms with Gasteiger partial charge in [0.15, 0.2) is 0 Å². The van der Waals surface area contributed by atoms with Crippen molar-refractivity contribution in [2.24, 2.45) is 0 Å². The van der Waals surface area contributed by atoms with Gasteiger partial charge in [0.05, 0.1) is 22.0 Å². The molecule has 1 aromatic carbocycles. The molecule has 0 bridgehead atoms. The lowest BCUT2D eigenvalue weighted by Crippen LogP contribution is -2.39. The molecule has 1 saturated heterocycles. The summed E-state index contributed by atoms with van der Waals surface area (Å²) in [5, 5.41) is 7.67. The molecule has 2 aromatic heterocycles. The van der Waals surface area contributed by atoms with Gasteiger partial charge < -0.3 is 10.6 Å². The fourth-order valence-corrected chi connectivity index (χ4v) is 4.00. The minimum absolute atomic E-state index is 0.0188. The number of fused-ring (bicyclic) bond motifs is 1. The molecule has 168 valence electrons. The Morgan fingerprint density at radius 3 is 2.81 bits per heavy atom. The summed E-state index contributed by atoms with van der Waals surface area (Å²) in [7, 11) is 0. The second-order valence-electron chi connectivity index (χ2n) is 7.82. The minimum Gasteiger partial charge on any atom is -0.334 e. The maximum Gasteiger partial charge on any atom is 0.417 e. The van der Waals surface area contributed by atoms with Crippen LogP contribution >= 0.6 is 11.6 Å². The van der Waals surface area contributed by atoms with Gasteiger partial charge >= 0.3 is 12.2 Å². The van der Waals surface area contributed by atoms with Crippen molar-refractivity contribution in [1.82, 2.24) is 20.2 Å². The third-order valence-electron chi connectivity index (χ3n) is 5.37. The van der Waals surface area contributed by atoms with Gasteiger partial charge in [-0.15, -0.1) is 0 Å². The number of likely N-dealkylation sites (tertiary alicyclic amines) is 1. The van der Waals surface area contributed by atoms with Gasteiger partial charge in [0.2, 0.25) is 0 Å². The molecule has 1 aliphatic heterocycles. The maximum atomic E-state index is 12.8. The molecule has 0 saturated carbocycles. The van der Waals surface area contributed by atoms with Crippen molar-refractivity contribution < 1.29 is 18.0 Å². The molecule has 0 spiro atoms. The van der Waals surface area contributed by atoms with Crippen LogP contribution in [0.3, 0.4) is 0 Å². The number of nitrogens with one attached hydrogen (secondary N) is 2. The van der Waals surface area contributed by atoms with E-state index in [4.69, 9.17) is 11.6 Å². The molecule has 3 heterocycles. The summed E-state index contributed by atoms with van der Waals surface area (Å²) >= 11 is 6.01. The van der Waals surface area contributed by atoms with Crippen LogP contribution < -0.4 is 10.6 Å². The van der Waals surface area contributed by atoms with Crippen molar-refractivity contribution in [2.75, 3.05) is 18.4 Å². The fraction of sp³-hybridized carbons (Fsp3) is 0.318. The van der Waals surface area contributed by atoms with Gasteiger partial charge in [0, 0.05) is 54.5 Å². The van der Waals surface area contributed by atoms with Crippen LogP contribution in [0.5, 0.6) is 0 Å². The lowest BCUT2D eigenvalue weighted by atomic mass is 10.1. The molecule has 0 radical (unpaired) electrons. The number of aryl methyl sites for hydroxylation is 1. The van der Waals surface area contributed by atoms with Crippen LogP contribution in [0, 0.1) is 6.92 Å². The normalized spacial score (nSPS) is 17.0. The zero-order chi connectivity index (χ0) is 22.9. The van der Waals surface area contributed by atoms with Gasteiger partial charge in [-0.1, -0.05) is 23.7 Å². The molecular formula is C22H21ClF3N5O. The minimum atomic E-state index is -4.48. The van der Waals surface area contributed by atoms with Crippen LogP contribution in [0.4, 0.5) is 23.7 Å². The molecule has 1 aliphatic rings. The van der Waals surface area contributed by atoms with Crippen molar-refractivity contribution in [1.29, 1.82) is 0 Å². The van der Waals surface area contributed by atoms with E-state index in [2.05, 4.69) is 20.6 Å². The SMILES string of the molecule is Cc1cc2c(NC(=O)N[C@@H]3CCN(Cc4ncc(C(F)(F)F)cc4Cl)C3)cccc2cn1. The highest BCUT2D eigenvalue weighted by atomic mass is 35.5. The Morgan fingerprint density at radius 1 is 1.25 bits per heavy atom. The Hall–Kier alpha value is -2.91. The van der Waals surface area contributed by atoms with Gasteiger partial charge in [-0.2, -0.15) is 13.2 Å². The van der Waals surface area contributed by atoms with Crippen molar-refractivity contribution in [3.05, 3.63) is 64.7 Å². The third-order valence-corrected chi connectivity index (χ3v) is 5.70. The Morgan fingerprint density at radius 2 is 2.06 bits per heavy atom. The monoisotopic (exact) mass is 463 g/mol. The zero-order valence-electron chi connectivity index (χ0n) is 17.2. The van der Waals surface area contributed by atoms with E-state index in [-0.39, 0.29) is 17.1 Å². The number of amides is 2. The molecular weight excluding hydrogens is 443 g/mol. The van der Waals surface area contributed by atoms with E-state index in [0.29, 0.717) is 37.4 Å². The van der Waals surface area contributed by atoms with E-state index >= 15 is 0 Å². The first-order valence-electron chi connectivity index (χ1n) is 10.1. The number of alkyl halides is 3. The van der Waals surface area contributed by atoms with Gasteiger partial charge in [-0.05, 0) is 31.5 Å². The lowest BCUT2D eigenvalue weighted by molar-refractivity contribution is -0.137. The number of benzene rings is 1. The number of carbonyl (C=O) groups is 1. The number of urea groups is 1. The number of anilines is 1. The van der Waals surface area contributed by atoms with Crippen molar-refractivity contribution >= 4 is 34.1 Å². The number of hydrogen-bond donors (Lipinski definition) is 2. The maximum absolute atomic E-state index is 12.8. The highest BCUT2D eigenvalue weighted by Gasteiger charge is 2.32. The lowest BCUT2D eigenvalue weighted by Gasteiger charge is -2.18. The molecule has 0 unspecified atom stereocenters. The highest BCUT2D eigenvalue weighted by Crippen LogP contribution is 2.31. The van der Waals surface area contributed by atoms with Crippen LogP contribution in [0.1, 0.15) is 23.4 Å². The summed E-state index contributed by atoms with van der Waals surface area (Å²) in [6.07, 6.45) is -1.21. The van der Waals surface area contributed by atoms with E-state index in [1.807, 2.05) is 36.1 Å². The standard InChI is InChI=1S/C22H21ClF3N5O/c1-13-7-17-14(9-27-13)3-2-4-19(17)30-21(32)29-16-5-6-31(11-16)12-20-18(23)8-15(10-28-20)22(24,25)26/h2-4,7-10,16H,5-6,11-12H2,1H3,(H2,29,30,32)/t16-/m1/s1. The number of aromatic nitrogens is 2. The second kappa shape index (κ2) is 8.91. The summed E-state index contributed by atoms with van der Waals surface area (Å²) in [4.78, 5) is 22.7. The smallest absolute Gasteiger partial charge is 0.334 e. The Bertz CT molecular complexity index is 1150. The number of pyridine rings is 2. The van der Waals surface area contributed by atoms with Gasteiger partial charge in [0.1, 0.15) is 0 Å². The van der Waals surface area contributed by atoms with Crippen LogP contribution in [-0.4, -0.2) is 40.0 Å². The Kier molecular flexibility index (Phi) is 6.21. The zero-order valence-corrected chi connectivity index (χ0v) is 18.0. The summed E-state index contributed by atoms with van der Waals surface area (Å²) in [6.45, 7) is 3.42. The third kappa shape index (κ3) is 5.11. The quantitative estimate of drug-likeness (QED) is 0.571. The van der Waals surface area contributed by atoms with E-state index in [1.165, 1.54) is 0 Å². The summed E-state index contributed by atoms with van der Waals surface area (Å²) in [5.41, 5.74) is 1.06. The first-order chi connectivity index (χ1) is 15.2. The van der Waals surface area contributed by atoms with Gasteiger partial charge in [-0.25, -0.2) is 4.79 Å². The van der Waals surface area contributed by atoms with Gasteiger partial charge in [0.25, 0.3) is 0 Å². The number of halogens is 4. The van der Waals surface area contributed by atoms with Crippen LogP contribution in [0.25, 0.3) is 10.8 Å². The topological polar surface area (TPSA) is 70.2 Å². The average Bonchev–Trinajstić information content (AvgIpc) is 3.16. The van der Waals surface area contributed by atoms with E-state index in [9.17, 15) is 18.0 Å². The molecule has 0 aliphatic carbocycles. The average molecular weight is 464 g/mol. The summed E-state index contributed by atoms with van der Waals surface area (Å²) in [5.74, 6) is 0. The number of hydrogen-bond acceptors (Lipinski definition) is 4. The number of carbonyl (C=O) groups excluding carboxylic acids is 1. The Balaban J connectivity index is 1.35. The van der Waals surface area contributed by atoms with Crippen molar-refractivity contribution in [3.8, 4) is 0 Å². The number of nitrogens with zero attached hydrogens (tertiary/aromatic N) is 3. The van der Waals surface area contributed by atoms with Crippen LogP contribution in [-0.2, 0) is 12.7 Å². The van der Waals surface area contributed by atoms with E-state index in [0.717, 1.165) is 28.7 Å². The summed E-state index contributed by atoms with van der Waals surface area (Å²) in [6, 6.07) is 8.02. The van der Waals surface area contributed by atoms with Crippen molar-refractivity contribution in [3.63, 3.8) is 0 Å². The molecule has 1 fully saturated rings. The molecule has 2 amide bonds. The predicted octanol–water partition coefficient (Wildman–Crippen LogP) is 5.01. The molecule has 6 nitrogen and oxygen atoms in total. The molecule has 4 rings (SSSR count).